The van der Waals surface area contributed by atoms with E-state index in [1.807, 2.05) is 31.4 Å². The molecule has 0 atom stereocenters. The van der Waals surface area contributed by atoms with E-state index in [9.17, 15) is 13.2 Å². The molecule has 162 valence electrons. The molecule has 0 N–H and O–H groups in total. The fourth-order valence-corrected chi connectivity index (χ4v) is 5.26. The summed E-state index contributed by atoms with van der Waals surface area (Å²) < 4.78 is 37.9. The summed E-state index contributed by atoms with van der Waals surface area (Å²) in [5, 5.41) is 0. The van der Waals surface area contributed by atoms with Crippen LogP contribution in [0.4, 0.5) is 0 Å². The van der Waals surface area contributed by atoms with Gasteiger partial charge in [-0.15, -0.1) is 11.8 Å². The first-order valence-corrected chi connectivity index (χ1v) is 12.1. The summed E-state index contributed by atoms with van der Waals surface area (Å²) in [5.41, 5.74) is 1.58. The number of amides is 1. The van der Waals surface area contributed by atoms with Gasteiger partial charge in [0.1, 0.15) is 0 Å². The third kappa shape index (κ3) is 4.43. The van der Waals surface area contributed by atoms with Gasteiger partial charge in [0.05, 0.1) is 19.1 Å². The molecular formula is C21H26N2O5S2. The van der Waals surface area contributed by atoms with Crippen LogP contribution < -0.4 is 9.47 Å². The molecule has 1 aliphatic heterocycles. The highest BCUT2D eigenvalue weighted by Crippen LogP contribution is 2.31. The van der Waals surface area contributed by atoms with E-state index in [2.05, 4.69) is 0 Å². The molecule has 1 aliphatic rings. The molecular weight excluding hydrogens is 424 g/mol. The average Bonchev–Trinajstić information content (AvgIpc) is 2.78. The van der Waals surface area contributed by atoms with Crippen LogP contribution in [0, 0.1) is 6.92 Å². The van der Waals surface area contributed by atoms with E-state index in [4.69, 9.17) is 9.47 Å². The van der Waals surface area contributed by atoms with Crippen molar-refractivity contribution in [3.05, 3.63) is 47.5 Å². The van der Waals surface area contributed by atoms with Gasteiger partial charge in [0.25, 0.3) is 5.91 Å². The van der Waals surface area contributed by atoms with Crippen LogP contribution >= 0.6 is 11.8 Å². The lowest BCUT2D eigenvalue weighted by molar-refractivity contribution is 0.0697. The normalized spacial score (nSPS) is 15.1. The Hall–Kier alpha value is -2.23. The number of nitrogens with zero attached hydrogens (tertiary/aromatic N) is 2. The van der Waals surface area contributed by atoms with Crippen molar-refractivity contribution in [2.75, 3.05) is 46.7 Å². The first-order chi connectivity index (χ1) is 14.3. The lowest BCUT2D eigenvalue weighted by Crippen LogP contribution is -2.50. The molecule has 1 saturated heterocycles. The van der Waals surface area contributed by atoms with Crippen LogP contribution in [0.5, 0.6) is 11.5 Å². The quantitative estimate of drug-likeness (QED) is 0.630. The number of piperazine rings is 1. The Morgan fingerprint density at radius 3 is 2.23 bits per heavy atom. The summed E-state index contributed by atoms with van der Waals surface area (Å²) in [7, 11) is -0.732. The van der Waals surface area contributed by atoms with Gasteiger partial charge in [-0.2, -0.15) is 4.31 Å². The van der Waals surface area contributed by atoms with Gasteiger partial charge in [0, 0.05) is 42.7 Å². The second-order valence-corrected chi connectivity index (χ2v) is 9.71. The van der Waals surface area contributed by atoms with Gasteiger partial charge in [-0.3, -0.25) is 4.79 Å². The molecule has 0 unspecified atom stereocenters. The van der Waals surface area contributed by atoms with Gasteiger partial charge in [-0.05, 0) is 43.0 Å². The van der Waals surface area contributed by atoms with E-state index in [0.29, 0.717) is 30.2 Å². The van der Waals surface area contributed by atoms with Crippen LogP contribution in [0.2, 0.25) is 0 Å². The summed E-state index contributed by atoms with van der Waals surface area (Å²) in [6, 6.07) is 10.4. The molecule has 1 fully saturated rings. The van der Waals surface area contributed by atoms with Gasteiger partial charge in [0.2, 0.25) is 10.0 Å². The number of hydrogen-bond acceptors (Lipinski definition) is 6. The number of sulfonamides is 1. The molecule has 0 radical (unpaired) electrons. The van der Waals surface area contributed by atoms with Crippen molar-refractivity contribution in [2.24, 2.45) is 0 Å². The van der Waals surface area contributed by atoms with Crippen LogP contribution in [0.15, 0.2) is 46.2 Å². The van der Waals surface area contributed by atoms with E-state index in [1.54, 1.807) is 22.7 Å². The van der Waals surface area contributed by atoms with E-state index in [-0.39, 0.29) is 23.9 Å². The first-order valence-electron chi connectivity index (χ1n) is 9.48. The second-order valence-electron chi connectivity index (χ2n) is 6.89. The summed E-state index contributed by atoms with van der Waals surface area (Å²) in [6.07, 6.45) is 1.97. The topological polar surface area (TPSA) is 76.2 Å². The molecule has 0 saturated carbocycles. The Balaban J connectivity index is 1.74. The largest absolute Gasteiger partial charge is 0.493 e. The smallest absolute Gasteiger partial charge is 0.254 e. The standard InChI is InChI=1S/C21H26N2O5S2/c1-15-5-6-16(29-4)13-18(15)21(24)22-9-11-23(12-10-22)30(25,26)17-7-8-19(27-2)20(14-17)28-3/h5-8,13-14H,9-12H2,1-4H3. The third-order valence-corrected chi connectivity index (χ3v) is 7.81. The molecule has 2 aromatic rings. The summed E-state index contributed by atoms with van der Waals surface area (Å²) in [4.78, 5) is 15.9. The number of carbonyl (C=O) groups is 1. The summed E-state index contributed by atoms with van der Waals surface area (Å²) in [6.45, 7) is 3.07. The molecule has 9 heteroatoms. The predicted octanol–water partition coefficient (Wildman–Crippen LogP) is 2.88. The Bertz CT molecular complexity index is 1030. The number of rotatable bonds is 6. The fourth-order valence-electron chi connectivity index (χ4n) is 3.39. The molecule has 2 aromatic carbocycles. The Morgan fingerprint density at radius 2 is 1.63 bits per heavy atom. The van der Waals surface area contributed by atoms with Crippen molar-refractivity contribution in [3.63, 3.8) is 0 Å². The SMILES string of the molecule is COc1ccc(S(=O)(=O)N2CCN(C(=O)c3cc(SC)ccc3C)CC2)cc1OC. The molecule has 1 amide bonds. The van der Waals surface area contributed by atoms with Crippen molar-refractivity contribution in [2.45, 2.75) is 16.7 Å². The van der Waals surface area contributed by atoms with E-state index in [0.717, 1.165) is 10.5 Å². The maximum Gasteiger partial charge on any atom is 0.254 e. The number of carbonyl (C=O) groups excluding carboxylic acids is 1. The molecule has 7 nitrogen and oxygen atoms in total. The predicted molar refractivity (Wildman–Crippen MR) is 117 cm³/mol. The maximum atomic E-state index is 13.1. The first kappa shape index (κ1) is 22.5. The Kier molecular flexibility index (Phi) is 6.95. The number of methoxy groups -OCH3 is 2. The summed E-state index contributed by atoms with van der Waals surface area (Å²) in [5.74, 6) is 0.762. The lowest BCUT2D eigenvalue weighted by Gasteiger charge is -2.34. The lowest BCUT2D eigenvalue weighted by atomic mass is 10.1. The Morgan fingerprint density at radius 1 is 0.967 bits per heavy atom. The minimum absolute atomic E-state index is 0.0634. The van der Waals surface area contributed by atoms with Gasteiger partial charge < -0.3 is 14.4 Å². The highest BCUT2D eigenvalue weighted by molar-refractivity contribution is 7.98. The van der Waals surface area contributed by atoms with Crippen LogP contribution in [0.3, 0.4) is 0 Å². The van der Waals surface area contributed by atoms with Crippen molar-refractivity contribution >= 4 is 27.7 Å². The molecule has 0 aromatic heterocycles. The number of benzene rings is 2. The Labute approximate surface area is 182 Å². The minimum Gasteiger partial charge on any atom is -0.493 e. The second kappa shape index (κ2) is 9.28. The maximum absolute atomic E-state index is 13.1. The summed E-state index contributed by atoms with van der Waals surface area (Å²) >= 11 is 1.59. The van der Waals surface area contributed by atoms with Gasteiger partial charge in [-0.25, -0.2) is 8.42 Å². The number of aryl methyl sites for hydroxylation is 1. The van der Waals surface area contributed by atoms with Crippen LogP contribution in [-0.4, -0.2) is 70.2 Å². The van der Waals surface area contributed by atoms with Gasteiger partial charge >= 0.3 is 0 Å². The number of hydrogen-bond donors (Lipinski definition) is 0. The van der Waals surface area contributed by atoms with E-state index < -0.39 is 10.0 Å². The highest BCUT2D eigenvalue weighted by Gasteiger charge is 2.31. The molecule has 0 bridgehead atoms. The van der Waals surface area contributed by atoms with Crippen molar-refractivity contribution in [3.8, 4) is 11.5 Å². The number of ether oxygens (including phenoxy) is 2. The van der Waals surface area contributed by atoms with Gasteiger partial charge in [0.15, 0.2) is 11.5 Å². The third-order valence-electron chi connectivity index (χ3n) is 5.19. The average molecular weight is 451 g/mol. The van der Waals surface area contributed by atoms with E-state index in [1.165, 1.54) is 30.7 Å². The van der Waals surface area contributed by atoms with Crippen LogP contribution in [0.25, 0.3) is 0 Å². The zero-order valence-corrected chi connectivity index (χ0v) is 19.2. The number of thioether (sulfide) groups is 1. The monoisotopic (exact) mass is 450 g/mol. The van der Waals surface area contributed by atoms with Crippen LogP contribution in [0.1, 0.15) is 15.9 Å². The molecule has 30 heavy (non-hydrogen) atoms. The van der Waals surface area contributed by atoms with Crippen molar-refractivity contribution < 1.29 is 22.7 Å². The zero-order valence-electron chi connectivity index (χ0n) is 17.5. The van der Waals surface area contributed by atoms with Crippen molar-refractivity contribution in [1.82, 2.24) is 9.21 Å². The van der Waals surface area contributed by atoms with Gasteiger partial charge in [-0.1, -0.05) is 6.07 Å². The highest BCUT2D eigenvalue weighted by atomic mass is 32.2. The zero-order chi connectivity index (χ0) is 21.9. The van der Waals surface area contributed by atoms with Crippen molar-refractivity contribution in [1.29, 1.82) is 0 Å². The molecule has 0 aliphatic carbocycles. The molecule has 0 spiro atoms. The molecule has 1 heterocycles. The van der Waals surface area contributed by atoms with E-state index >= 15 is 0 Å². The minimum atomic E-state index is -3.70. The van der Waals surface area contributed by atoms with Crippen LogP contribution in [-0.2, 0) is 10.0 Å². The molecule has 3 rings (SSSR count). The fraction of sp³-hybridized carbons (Fsp3) is 0.381.